The number of amides is 2. The van der Waals surface area contributed by atoms with Crippen LogP contribution >= 0.6 is 0 Å². The van der Waals surface area contributed by atoms with Crippen LogP contribution in [-0.2, 0) is 27.2 Å². The molecule has 2 aromatic carbocycles. The summed E-state index contributed by atoms with van der Waals surface area (Å²) in [6.07, 6.45) is 1.26. The van der Waals surface area contributed by atoms with Crippen LogP contribution in [0.5, 0.6) is 11.5 Å². The van der Waals surface area contributed by atoms with Gasteiger partial charge in [0, 0.05) is 13.0 Å². The second-order valence-corrected chi connectivity index (χ2v) is 7.94. The van der Waals surface area contributed by atoms with Crippen molar-refractivity contribution in [1.29, 1.82) is 0 Å². The largest absolute Gasteiger partial charge is 0.508 e. The molecule has 0 saturated carbocycles. The number of carboxylic acid groups (broad SMARTS) is 1. The smallest absolute Gasteiger partial charge is 0.326 e. The molecule has 0 radical (unpaired) electrons. The molecule has 6 N–H and O–H groups in total. The zero-order valence-corrected chi connectivity index (χ0v) is 17.5. The van der Waals surface area contributed by atoms with Gasteiger partial charge in [-0.15, -0.1) is 0 Å². The van der Waals surface area contributed by atoms with E-state index in [2.05, 4.69) is 5.32 Å². The van der Waals surface area contributed by atoms with Crippen LogP contribution in [0, 0.1) is 0 Å². The van der Waals surface area contributed by atoms with Gasteiger partial charge < -0.3 is 31.3 Å². The minimum absolute atomic E-state index is 0.0714. The number of phenols is 2. The molecule has 0 bridgehead atoms. The average molecular weight is 441 g/mol. The third-order valence-corrected chi connectivity index (χ3v) is 5.54. The first-order valence-corrected chi connectivity index (χ1v) is 10.4. The fraction of sp³-hybridized carbons (Fsp3) is 0.348. The minimum Gasteiger partial charge on any atom is -0.508 e. The Kier molecular flexibility index (Phi) is 7.32. The lowest BCUT2D eigenvalue weighted by molar-refractivity contribution is -0.149. The molecule has 1 fully saturated rings. The number of rotatable bonds is 8. The van der Waals surface area contributed by atoms with Gasteiger partial charge in [0.25, 0.3) is 0 Å². The highest BCUT2D eigenvalue weighted by atomic mass is 16.4. The monoisotopic (exact) mass is 441 g/mol. The lowest BCUT2D eigenvalue weighted by Crippen LogP contribution is -2.55. The summed E-state index contributed by atoms with van der Waals surface area (Å²) in [5.41, 5.74) is 7.49. The summed E-state index contributed by atoms with van der Waals surface area (Å²) in [7, 11) is 0. The maximum Gasteiger partial charge on any atom is 0.326 e. The van der Waals surface area contributed by atoms with Gasteiger partial charge in [-0.05, 0) is 54.7 Å². The summed E-state index contributed by atoms with van der Waals surface area (Å²) in [5, 5.41) is 31.0. The van der Waals surface area contributed by atoms with Crippen LogP contribution in [0.15, 0.2) is 48.5 Å². The lowest BCUT2D eigenvalue weighted by Gasteiger charge is -2.28. The molecule has 1 heterocycles. The SMILES string of the molecule is N[C@@H](Cc1ccc(O)cc1)C(=O)N[C@@H](Cc1ccc(O)cc1)C(=O)N1CCC[C@@H]1C(=O)O. The van der Waals surface area contributed by atoms with Crippen molar-refractivity contribution in [2.75, 3.05) is 6.54 Å². The van der Waals surface area contributed by atoms with Gasteiger partial charge >= 0.3 is 5.97 Å². The first-order chi connectivity index (χ1) is 15.2. The second kappa shape index (κ2) is 10.1. The molecule has 3 atom stereocenters. The number of benzene rings is 2. The first kappa shape index (κ1) is 23.1. The second-order valence-electron chi connectivity index (χ2n) is 7.94. The van der Waals surface area contributed by atoms with E-state index in [-0.39, 0.29) is 24.3 Å². The number of carboxylic acids is 1. The maximum atomic E-state index is 13.2. The summed E-state index contributed by atoms with van der Waals surface area (Å²) in [5.74, 6) is -1.92. The summed E-state index contributed by atoms with van der Waals surface area (Å²) >= 11 is 0. The average Bonchev–Trinajstić information content (AvgIpc) is 3.26. The van der Waals surface area contributed by atoms with Crippen molar-refractivity contribution in [3.05, 3.63) is 59.7 Å². The van der Waals surface area contributed by atoms with Gasteiger partial charge in [-0.25, -0.2) is 4.79 Å². The van der Waals surface area contributed by atoms with Crippen LogP contribution in [0.4, 0.5) is 0 Å². The minimum atomic E-state index is -1.07. The summed E-state index contributed by atoms with van der Waals surface area (Å²) in [4.78, 5) is 38.8. The van der Waals surface area contributed by atoms with E-state index < -0.39 is 35.9 Å². The van der Waals surface area contributed by atoms with Gasteiger partial charge in [0.05, 0.1) is 6.04 Å². The number of hydrogen-bond donors (Lipinski definition) is 5. The highest BCUT2D eigenvalue weighted by Gasteiger charge is 2.38. The number of carbonyl (C=O) groups is 3. The van der Waals surface area contributed by atoms with Crippen LogP contribution in [-0.4, -0.2) is 62.7 Å². The number of aromatic hydroxyl groups is 2. The number of nitrogens with zero attached hydrogens (tertiary/aromatic N) is 1. The Morgan fingerprint density at radius 2 is 1.50 bits per heavy atom. The van der Waals surface area contributed by atoms with Gasteiger partial charge in [-0.1, -0.05) is 24.3 Å². The Balaban J connectivity index is 1.75. The Morgan fingerprint density at radius 1 is 0.969 bits per heavy atom. The molecule has 1 saturated heterocycles. The number of likely N-dealkylation sites (tertiary alicyclic amines) is 1. The quantitative estimate of drug-likeness (QED) is 0.405. The van der Waals surface area contributed by atoms with Crippen molar-refractivity contribution in [3.8, 4) is 11.5 Å². The molecule has 32 heavy (non-hydrogen) atoms. The standard InChI is InChI=1S/C23H27N3O6/c24-18(12-14-3-7-16(27)8-4-14)21(29)25-19(13-15-5-9-17(28)10-6-15)22(30)26-11-1-2-20(26)23(31)32/h3-10,18-20,27-28H,1-2,11-13,24H2,(H,25,29)(H,31,32)/t18-,19-,20+/m0/s1. The third kappa shape index (κ3) is 5.76. The molecule has 1 aliphatic rings. The number of hydrogen-bond acceptors (Lipinski definition) is 6. The van der Waals surface area contributed by atoms with Crippen LogP contribution in [0.1, 0.15) is 24.0 Å². The Hall–Kier alpha value is -3.59. The van der Waals surface area contributed by atoms with Gasteiger partial charge in [0.15, 0.2) is 0 Å². The molecule has 9 nitrogen and oxygen atoms in total. The molecule has 2 aromatic rings. The van der Waals surface area contributed by atoms with E-state index in [4.69, 9.17) is 5.73 Å². The van der Waals surface area contributed by atoms with E-state index in [1.54, 1.807) is 24.3 Å². The van der Waals surface area contributed by atoms with Crippen LogP contribution in [0.3, 0.4) is 0 Å². The molecule has 0 aliphatic carbocycles. The van der Waals surface area contributed by atoms with E-state index in [9.17, 15) is 29.7 Å². The zero-order chi connectivity index (χ0) is 23.3. The molecule has 0 aromatic heterocycles. The topological polar surface area (TPSA) is 153 Å². The number of nitrogens with two attached hydrogens (primary N) is 1. The van der Waals surface area contributed by atoms with E-state index in [0.717, 1.165) is 5.56 Å². The molecule has 0 spiro atoms. The maximum absolute atomic E-state index is 13.2. The van der Waals surface area contributed by atoms with E-state index >= 15 is 0 Å². The normalized spacial score (nSPS) is 17.5. The van der Waals surface area contributed by atoms with Crippen LogP contribution < -0.4 is 11.1 Å². The van der Waals surface area contributed by atoms with Crippen LogP contribution in [0.25, 0.3) is 0 Å². The molecule has 1 aliphatic heterocycles. The molecule has 2 amide bonds. The fourth-order valence-electron chi connectivity index (χ4n) is 3.81. The van der Waals surface area contributed by atoms with E-state index in [1.165, 1.54) is 29.2 Å². The van der Waals surface area contributed by atoms with Crippen LogP contribution in [0.2, 0.25) is 0 Å². The van der Waals surface area contributed by atoms with E-state index in [1.807, 2.05) is 0 Å². The van der Waals surface area contributed by atoms with E-state index in [0.29, 0.717) is 24.9 Å². The number of carbonyl (C=O) groups excluding carboxylic acids is 2. The van der Waals surface area contributed by atoms with Crippen molar-refractivity contribution in [2.45, 2.75) is 43.8 Å². The fourth-order valence-corrected chi connectivity index (χ4v) is 3.81. The lowest BCUT2D eigenvalue weighted by atomic mass is 10.0. The van der Waals surface area contributed by atoms with Crippen molar-refractivity contribution >= 4 is 17.8 Å². The molecule has 170 valence electrons. The number of phenolic OH excluding ortho intramolecular Hbond substituents is 2. The molecule has 3 rings (SSSR count). The van der Waals surface area contributed by atoms with Crippen molar-refractivity contribution < 1.29 is 29.7 Å². The predicted octanol–water partition coefficient (Wildman–Crippen LogP) is 0.771. The number of nitrogens with one attached hydrogen (secondary N) is 1. The molecular weight excluding hydrogens is 414 g/mol. The summed E-state index contributed by atoms with van der Waals surface area (Å²) in [6, 6.07) is 9.66. The molecule has 0 unspecified atom stereocenters. The Bertz CT molecular complexity index is 961. The van der Waals surface area contributed by atoms with Gasteiger partial charge in [0.2, 0.25) is 11.8 Å². The summed E-state index contributed by atoms with van der Waals surface area (Å²) in [6.45, 7) is 0.303. The Labute approximate surface area is 185 Å². The van der Waals surface area contributed by atoms with Gasteiger partial charge in [-0.2, -0.15) is 0 Å². The molecule has 9 heteroatoms. The number of aliphatic carboxylic acids is 1. The Morgan fingerprint density at radius 3 is 2.03 bits per heavy atom. The first-order valence-electron chi connectivity index (χ1n) is 10.4. The van der Waals surface area contributed by atoms with Crippen molar-refractivity contribution in [2.24, 2.45) is 5.73 Å². The highest BCUT2D eigenvalue weighted by molar-refractivity contribution is 5.92. The zero-order valence-electron chi connectivity index (χ0n) is 17.5. The predicted molar refractivity (Wildman–Crippen MR) is 116 cm³/mol. The van der Waals surface area contributed by atoms with Gasteiger partial charge in [-0.3, -0.25) is 9.59 Å². The third-order valence-electron chi connectivity index (χ3n) is 5.54. The van der Waals surface area contributed by atoms with Gasteiger partial charge in [0.1, 0.15) is 23.6 Å². The summed E-state index contributed by atoms with van der Waals surface area (Å²) < 4.78 is 0. The van der Waals surface area contributed by atoms with Crippen molar-refractivity contribution in [1.82, 2.24) is 10.2 Å². The molecular formula is C23H27N3O6. The van der Waals surface area contributed by atoms with Crippen molar-refractivity contribution in [3.63, 3.8) is 0 Å². The highest BCUT2D eigenvalue weighted by Crippen LogP contribution is 2.20.